The number of ether oxygens (including phenoxy) is 3. The molecule has 0 amide bonds. The number of rotatable bonds is 6. The van der Waals surface area contributed by atoms with Crippen molar-refractivity contribution in [1.29, 1.82) is 0 Å². The van der Waals surface area contributed by atoms with Crippen LogP contribution in [0.4, 0.5) is 0 Å². The molecule has 0 saturated carbocycles. The maximum Gasteiger partial charge on any atom is 0.119 e. The van der Waals surface area contributed by atoms with Gasteiger partial charge in [0.1, 0.15) is 18.0 Å². The molecule has 1 aliphatic heterocycles. The van der Waals surface area contributed by atoms with Crippen molar-refractivity contribution in [3.8, 4) is 5.75 Å². The van der Waals surface area contributed by atoms with E-state index in [1.807, 2.05) is 31.2 Å². The van der Waals surface area contributed by atoms with Crippen LogP contribution in [0.1, 0.15) is 12.5 Å². The summed E-state index contributed by atoms with van der Waals surface area (Å²) in [6, 6.07) is 8.05. The maximum absolute atomic E-state index is 5.71. The van der Waals surface area contributed by atoms with Gasteiger partial charge in [-0.25, -0.2) is 0 Å². The number of epoxide rings is 1. The molecule has 0 N–H and O–H groups in total. The van der Waals surface area contributed by atoms with Gasteiger partial charge in [0.15, 0.2) is 0 Å². The summed E-state index contributed by atoms with van der Waals surface area (Å²) >= 11 is 0. The first-order chi connectivity index (χ1) is 7.74. The molecule has 1 aromatic carbocycles. The Kier molecular flexibility index (Phi) is 3.80. The van der Waals surface area contributed by atoms with Gasteiger partial charge in [0.2, 0.25) is 0 Å². The number of benzene rings is 1. The van der Waals surface area contributed by atoms with Crippen LogP contribution in [-0.4, -0.2) is 32.0 Å². The Morgan fingerprint density at radius 1 is 1.38 bits per heavy atom. The maximum atomic E-state index is 5.71. The minimum atomic E-state index is 0.0708. The Bertz CT molecular complexity index is 316. The normalized spacial score (nSPS) is 20.5. The van der Waals surface area contributed by atoms with Crippen LogP contribution in [0.5, 0.6) is 5.75 Å². The molecule has 1 aromatic rings. The van der Waals surface area contributed by atoms with Crippen LogP contribution in [0.15, 0.2) is 24.3 Å². The van der Waals surface area contributed by atoms with E-state index in [0.29, 0.717) is 19.3 Å². The highest BCUT2D eigenvalue weighted by Crippen LogP contribution is 2.14. The third-order valence-electron chi connectivity index (χ3n) is 2.42. The molecule has 0 aliphatic carbocycles. The highest BCUT2D eigenvalue weighted by molar-refractivity contribution is 5.26. The number of hydrogen-bond acceptors (Lipinski definition) is 3. The highest BCUT2D eigenvalue weighted by Gasteiger charge is 2.22. The monoisotopic (exact) mass is 222 g/mol. The van der Waals surface area contributed by atoms with E-state index >= 15 is 0 Å². The lowest BCUT2D eigenvalue weighted by molar-refractivity contribution is 0.0505. The second kappa shape index (κ2) is 5.32. The van der Waals surface area contributed by atoms with Crippen molar-refractivity contribution < 1.29 is 14.2 Å². The summed E-state index contributed by atoms with van der Waals surface area (Å²) in [5.74, 6) is 0.893. The summed E-state index contributed by atoms with van der Waals surface area (Å²) in [4.78, 5) is 0. The Balaban J connectivity index is 1.68. The Hall–Kier alpha value is -1.06. The average Bonchev–Trinajstić information content (AvgIpc) is 3.05. The first kappa shape index (κ1) is 11.4. The van der Waals surface area contributed by atoms with E-state index in [0.717, 1.165) is 12.4 Å². The third kappa shape index (κ3) is 3.83. The summed E-state index contributed by atoms with van der Waals surface area (Å²) in [6.45, 7) is 6.20. The minimum Gasteiger partial charge on any atom is -0.488 e. The molecule has 0 spiro atoms. The Labute approximate surface area is 96.3 Å². The van der Waals surface area contributed by atoms with Crippen molar-refractivity contribution in [2.45, 2.75) is 26.1 Å². The first-order valence-electron chi connectivity index (χ1n) is 5.67. The summed E-state index contributed by atoms with van der Waals surface area (Å²) in [6.07, 6.45) is 0.396. The van der Waals surface area contributed by atoms with Crippen LogP contribution in [-0.2, 0) is 9.47 Å². The SMILES string of the molecule is Cc1ccc(OC(C)COCC2CO2)cc1. The van der Waals surface area contributed by atoms with Gasteiger partial charge in [-0.1, -0.05) is 17.7 Å². The molecule has 1 saturated heterocycles. The fourth-order valence-electron chi connectivity index (χ4n) is 1.41. The lowest BCUT2D eigenvalue weighted by Gasteiger charge is -2.14. The zero-order chi connectivity index (χ0) is 11.4. The topological polar surface area (TPSA) is 31.0 Å². The fraction of sp³-hybridized carbons (Fsp3) is 0.538. The lowest BCUT2D eigenvalue weighted by Crippen LogP contribution is -2.20. The summed E-state index contributed by atoms with van der Waals surface area (Å²) in [5.41, 5.74) is 1.24. The molecule has 1 fully saturated rings. The van der Waals surface area contributed by atoms with Crippen LogP contribution in [0.3, 0.4) is 0 Å². The van der Waals surface area contributed by atoms with Crippen LogP contribution >= 0.6 is 0 Å². The molecule has 0 aromatic heterocycles. The summed E-state index contributed by atoms with van der Waals surface area (Å²) in [5, 5.41) is 0. The quantitative estimate of drug-likeness (QED) is 0.691. The number of aryl methyl sites for hydroxylation is 1. The molecule has 2 rings (SSSR count). The predicted octanol–water partition coefficient (Wildman–Crippen LogP) is 2.18. The molecule has 0 radical (unpaired) electrons. The second-order valence-electron chi connectivity index (χ2n) is 4.23. The minimum absolute atomic E-state index is 0.0708. The lowest BCUT2D eigenvalue weighted by atomic mass is 10.2. The van der Waals surface area contributed by atoms with Gasteiger partial charge < -0.3 is 14.2 Å². The van der Waals surface area contributed by atoms with Gasteiger partial charge in [-0.3, -0.25) is 0 Å². The van der Waals surface area contributed by atoms with Crippen molar-refractivity contribution in [3.05, 3.63) is 29.8 Å². The molecule has 88 valence electrons. The Morgan fingerprint density at radius 3 is 2.69 bits per heavy atom. The average molecular weight is 222 g/mol. The van der Waals surface area contributed by atoms with Crippen LogP contribution < -0.4 is 4.74 Å². The smallest absolute Gasteiger partial charge is 0.119 e. The molecule has 1 heterocycles. The molecular weight excluding hydrogens is 204 g/mol. The molecule has 3 heteroatoms. The van der Waals surface area contributed by atoms with Crippen molar-refractivity contribution in [1.82, 2.24) is 0 Å². The number of hydrogen-bond donors (Lipinski definition) is 0. The van der Waals surface area contributed by atoms with E-state index in [4.69, 9.17) is 14.2 Å². The zero-order valence-electron chi connectivity index (χ0n) is 9.81. The first-order valence-corrected chi connectivity index (χ1v) is 5.67. The van der Waals surface area contributed by atoms with Crippen molar-refractivity contribution in [2.24, 2.45) is 0 Å². The molecule has 16 heavy (non-hydrogen) atoms. The molecule has 3 nitrogen and oxygen atoms in total. The zero-order valence-corrected chi connectivity index (χ0v) is 9.81. The van der Waals surface area contributed by atoms with E-state index in [9.17, 15) is 0 Å². The van der Waals surface area contributed by atoms with Crippen molar-refractivity contribution >= 4 is 0 Å². The summed E-state index contributed by atoms with van der Waals surface area (Å²) < 4.78 is 16.2. The van der Waals surface area contributed by atoms with E-state index in [1.54, 1.807) is 0 Å². The van der Waals surface area contributed by atoms with Gasteiger partial charge in [0.05, 0.1) is 19.8 Å². The van der Waals surface area contributed by atoms with Gasteiger partial charge in [0, 0.05) is 0 Å². The predicted molar refractivity (Wildman–Crippen MR) is 61.8 cm³/mol. The van der Waals surface area contributed by atoms with Crippen LogP contribution in [0.2, 0.25) is 0 Å². The second-order valence-corrected chi connectivity index (χ2v) is 4.23. The standard InChI is InChI=1S/C13H18O3/c1-10-3-5-12(6-4-10)16-11(2)7-14-8-13-9-15-13/h3-6,11,13H,7-9H2,1-2H3. The largest absolute Gasteiger partial charge is 0.488 e. The third-order valence-corrected chi connectivity index (χ3v) is 2.42. The van der Waals surface area contributed by atoms with Gasteiger partial charge in [-0.05, 0) is 26.0 Å². The molecule has 2 unspecified atom stereocenters. The van der Waals surface area contributed by atoms with Gasteiger partial charge in [-0.2, -0.15) is 0 Å². The van der Waals surface area contributed by atoms with Gasteiger partial charge >= 0.3 is 0 Å². The Morgan fingerprint density at radius 2 is 2.06 bits per heavy atom. The molecular formula is C13H18O3. The van der Waals surface area contributed by atoms with Crippen molar-refractivity contribution in [2.75, 3.05) is 19.8 Å². The fourth-order valence-corrected chi connectivity index (χ4v) is 1.41. The molecule has 1 aliphatic rings. The van der Waals surface area contributed by atoms with E-state index in [2.05, 4.69) is 6.92 Å². The van der Waals surface area contributed by atoms with Crippen LogP contribution in [0.25, 0.3) is 0 Å². The van der Waals surface area contributed by atoms with E-state index in [1.165, 1.54) is 5.56 Å². The van der Waals surface area contributed by atoms with Crippen LogP contribution in [0, 0.1) is 6.92 Å². The van der Waals surface area contributed by atoms with Crippen molar-refractivity contribution in [3.63, 3.8) is 0 Å². The van der Waals surface area contributed by atoms with Gasteiger partial charge in [-0.15, -0.1) is 0 Å². The van der Waals surface area contributed by atoms with E-state index < -0.39 is 0 Å². The van der Waals surface area contributed by atoms with Gasteiger partial charge in [0.25, 0.3) is 0 Å². The summed E-state index contributed by atoms with van der Waals surface area (Å²) in [7, 11) is 0. The molecule has 2 atom stereocenters. The highest BCUT2D eigenvalue weighted by atomic mass is 16.6. The molecule has 0 bridgehead atoms. The van der Waals surface area contributed by atoms with E-state index in [-0.39, 0.29) is 6.10 Å².